The second-order valence-corrected chi connectivity index (χ2v) is 7.54. The maximum absolute atomic E-state index is 6.19. The van der Waals surface area contributed by atoms with Crippen molar-refractivity contribution in [3.05, 3.63) is 24.3 Å². The zero-order valence-corrected chi connectivity index (χ0v) is 14.3. The van der Waals surface area contributed by atoms with Gasteiger partial charge in [0.2, 0.25) is 5.95 Å². The smallest absolute Gasteiger partial charge is 0.228 e. The number of para-hydroxylation sites is 1. The van der Waals surface area contributed by atoms with Gasteiger partial charge >= 0.3 is 0 Å². The third kappa shape index (κ3) is 3.24. The molecule has 124 valence electrons. The quantitative estimate of drug-likeness (QED) is 0.890. The fourth-order valence-corrected chi connectivity index (χ4v) is 3.57. The molecule has 1 saturated carbocycles. The predicted octanol–water partition coefficient (Wildman–Crippen LogP) is 3.09. The Morgan fingerprint density at radius 3 is 2.35 bits per heavy atom. The topological polar surface area (TPSA) is 81.1 Å². The van der Waals surface area contributed by atoms with E-state index in [0.29, 0.717) is 17.9 Å². The number of hydrogen-bond acceptors (Lipinski definition) is 5. The van der Waals surface area contributed by atoms with Gasteiger partial charge in [-0.25, -0.2) is 4.98 Å². The van der Waals surface area contributed by atoms with Crippen molar-refractivity contribution in [1.82, 2.24) is 9.97 Å². The molecule has 1 aliphatic carbocycles. The summed E-state index contributed by atoms with van der Waals surface area (Å²) in [6, 6.07) is 8.65. The van der Waals surface area contributed by atoms with E-state index in [2.05, 4.69) is 30.7 Å². The van der Waals surface area contributed by atoms with Gasteiger partial charge in [0.15, 0.2) is 0 Å². The van der Waals surface area contributed by atoms with E-state index in [1.165, 1.54) is 0 Å². The first-order chi connectivity index (χ1) is 10.9. The second kappa shape index (κ2) is 5.96. The van der Waals surface area contributed by atoms with Crippen LogP contribution in [0.2, 0.25) is 0 Å². The maximum atomic E-state index is 6.19. The zero-order chi connectivity index (χ0) is 16.6. The van der Waals surface area contributed by atoms with Crippen molar-refractivity contribution in [3.63, 3.8) is 0 Å². The van der Waals surface area contributed by atoms with Gasteiger partial charge in [-0.05, 0) is 58.6 Å². The van der Waals surface area contributed by atoms with Gasteiger partial charge < -0.3 is 16.4 Å². The van der Waals surface area contributed by atoms with Gasteiger partial charge in [-0.1, -0.05) is 12.1 Å². The number of rotatable bonds is 2. The third-order valence-electron chi connectivity index (χ3n) is 4.67. The van der Waals surface area contributed by atoms with Crippen molar-refractivity contribution in [3.8, 4) is 0 Å². The van der Waals surface area contributed by atoms with Crippen molar-refractivity contribution >= 4 is 22.7 Å². The normalized spacial score (nSPS) is 22.3. The number of nitrogens with two attached hydrogens (primary N) is 2. The van der Waals surface area contributed by atoms with E-state index in [9.17, 15) is 0 Å². The number of hydrogen-bond donors (Lipinski definition) is 2. The van der Waals surface area contributed by atoms with E-state index in [-0.39, 0.29) is 5.54 Å². The summed E-state index contributed by atoms with van der Waals surface area (Å²) < 4.78 is 0. The summed E-state index contributed by atoms with van der Waals surface area (Å²) in [6.45, 7) is 6.61. The molecule has 1 aliphatic rings. The van der Waals surface area contributed by atoms with Crippen LogP contribution in [0.4, 0.5) is 11.8 Å². The van der Waals surface area contributed by atoms with E-state index in [4.69, 9.17) is 16.5 Å². The standard InChI is InChI=1S/C18H27N5/c1-18(2,3)23(13-10-8-12(19)9-11-13)17-21-15-7-5-4-6-14(15)16(20)22-17/h4-7,12-13H,8-11,19H2,1-3H3,(H2,20,21,22). The summed E-state index contributed by atoms with van der Waals surface area (Å²) in [6.07, 6.45) is 4.27. The highest BCUT2D eigenvalue weighted by molar-refractivity contribution is 5.88. The fourth-order valence-electron chi connectivity index (χ4n) is 3.57. The van der Waals surface area contributed by atoms with Crippen LogP contribution in [-0.4, -0.2) is 27.6 Å². The van der Waals surface area contributed by atoms with E-state index in [0.717, 1.165) is 42.5 Å². The lowest BCUT2D eigenvalue weighted by molar-refractivity contribution is 0.327. The molecular formula is C18H27N5. The minimum atomic E-state index is -0.0685. The molecule has 0 aliphatic heterocycles. The van der Waals surface area contributed by atoms with Crippen LogP contribution in [0.25, 0.3) is 10.9 Å². The highest BCUT2D eigenvalue weighted by Gasteiger charge is 2.33. The molecule has 1 aromatic carbocycles. The molecule has 2 aromatic rings. The lowest BCUT2D eigenvalue weighted by Gasteiger charge is -2.44. The molecule has 1 aromatic heterocycles. The minimum absolute atomic E-state index is 0.0685. The lowest BCUT2D eigenvalue weighted by atomic mass is 9.88. The SMILES string of the molecule is CC(C)(C)N(c1nc(N)c2ccccc2n1)C1CCC(N)CC1. The molecular weight excluding hydrogens is 286 g/mol. The molecule has 0 atom stereocenters. The molecule has 1 heterocycles. The molecule has 0 saturated heterocycles. The van der Waals surface area contributed by atoms with Crippen molar-refractivity contribution < 1.29 is 0 Å². The van der Waals surface area contributed by atoms with Crippen LogP contribution < -0.4 is 16.4 Å². The van der Waals surface area contributed by atoms with E-state index in [1.807, 2.05) is 24.3 Å². The Balaban J connectivity index is 2.03. The first-order valence-corrected chi connectivity index (χ1v) is 8.43. The molecule has 23 heavy (non-hydrogen) atoms. The van der Waals surface area contributed by atoms with Crippen LogP contribution >= 0.6 is 0 Å². The number of nitrogens with zero attached hydrogens (tertiary/aromatic N) is 3. The van der Waals surface area contributed by atoms with Crippen LogP contribution in [0.5, 0.6) is 0 Å². The van der Waals surface area contributed by atoms with Crippen LogP contribution in [0.15, 0.2) is 24.3 Å². The number of aromatic nitrogens is 2. The van der Waals surface area contributed by atoms with E-state index < -0.39 is 0 Å². The lowest BCUT2D eigenvalue weighted by Crippen LogP contribution is -2.51. The molecule has 5 heteroatoms. The Morgan fingerprint density at radius 2 is 1.70 bits per heavy atom. The molecule has 1 fully saturated rings. The molecule has 0 bridgehead atoms. The first-order valence-electron chi connectivity index (χ1n) is 8.43. The zero-order valence-electron chi connectivity index (χ0n) is 14.3. The summed E-state index contributed by atoms with van der Waals surface area (Å²) >= 11 is 0. The molecule has 5 nitrogen and oxygen atoms in total. The summed E-state index contributed by atoms with van der Waals surface area (Å²) in [5.41, 5.74) is 13.1. The van der Waals surface area contributed by atoms with E-state index >= 15 is 0 Å². The Kier molecular flexibility index (Phi) is 4.15. The number of fused-ring (bicyclic) bond motifs is 1. The van der Waals surface area contributed by atoms with Gasteiger partial charge in [0.25, 0.3) is 0 Å². The average molecular weight is 313 g/mol. The monoisotopic (exact) mass is 313 g/mol. The molecule has 4 N–H and O–H groups in total. The highest BCUT2D eigenvalue weighted by Crippen LogP contribution is 2.32. The van der Waals surface area contributed by atoms with Gasteiger partial charge in [-0.3, -0.25) is 0 Å². The molecule has 0 spiro atoms. The van der Waals surface area contributed by atoms with Gasteiger partial charge in [0.1, 0.15) is 5.82 Å². The summed E-state index contributed by atoms with van der Waals surface area (Å²) in [4.78, 5) is 11.8. The minimum Gasteiger partial charge on any atom is -0.383 e. The van der Waals surface area contributed by atoms with Gasteiger partial charge in [0, 0.05) is 23.0 Å². The van der Waals surface area contributed by atoms with Gasteiger partial charge in [-0.2, -0.15) is 4.98 Å². The van der Waals surface area contributed by atoms with Gasteiger partial charge in [-0.15, -0.1) is 0 Å². The highest BCUT2D eigenvalue weighted by atomic mass is 15.3. The number of benzene rings is 1. The van der Waals surface area contributed by atoms with Crippen LogP contribution in [0.1, 0.15) is 46.5 Å². The van der Waals surface area contributed by atoms with Gasteiger partial charge in [0.05, 0.1) is 5.52 Å². The Hall–Kier alpha value is -1.88. The van der Waals surface area contributed by atoms with E-state index in [1.54, 1.807) is 0 Å². The number of nitrogen functional groups attached to an aromatic ring is 1. The Morgan fingerprint density at radius 1 is 1.04 bits per heavy atom. The number of anilines is 2. The van der Waals surface area contributed by atoms with Crippen molar-refractivity contribution in [1.29, 1.82) is 0 Å². The van der Waals surface area contributed by atoms with Crippen LogP contribution in [-0.2, 0) is 0 Å². The van der Waals surface area contributed by atoms with Crippen LogP contribution in [0.3, 0.4) is 0 Å². The summed E-state index contributed by atoms with van der Waals surface area (Å²) in [7, 11) is 0. The largest absolute Gasteiger partial charge is 0.383 e. The first kappa shape index (κ1) is 16.0. The van der Waals surface area contributed by atoms with Crippen molar-refractivity contribution in [2.24, 2.45) is 5.73 Å². The van der Waals surface area contributed by atoms with Crippen molar-refractivity contribution in [2.45, 2.75) is 64.1 Å². The Labute approximate surface area is 138 Å². The van der Waals surface area contributed by atoms with Crippen LogP contribution in [0, 0.1) is 0 Å². The average Bonchev–Trinajstić information content (AvgIpc) is 2.48. The third-order valence-corrected chi connectivity index (χ3v) is 4.67. The maximum Gasteiger partial charge on any atom is 0.228 e. The summed E-state index contributed by atoms with van der Waals surface area (Å²) in [5, 5.41) is 0.913. The molecule has 0 radical (unpaired) electrons. The molecule has 3 rings (SSSR count). The molecule has 0 amide bonds. The fraction of sp³-hybridized carbons (Fsp3) is 0.556. The molecule has 0 unspecified atom stereocenters. The van der Waals surface area contributed by atoms with Crippen molar-refractivity contribution in [2.75, 3.05) is 10.6 Å². The summed E-state index contributed by atoms with van der Waals surface area (Å²) in [5.74, 6) is 1.28. The Bertz CT molecular complexity index is 683. The second-order valence-electron chi connectivity index (χ2n) is 7.54. The predicted molar refractivity (Wildman–Crippen MR) is 96.4 cm³/mol.